The van der Waals surface area contributed by atoms with Gasteiger partial charge in [-0.3, -0.25) is 4.79 Å². The molecule has 10 heteroatoms. The second-order valence-corrected chi connectivity index (χ2v) is 10.8. The number of anilines is 1. The van der Waals surface area contributed by atoms with E-state index in [1.54, 1.807) is 12.1 Å². The molecule has 2 heterocycles. The number of halogens is 1. The topological polar surface area (TPSA) is 118 Å². The zero-order valence-electron chi connectivity index (χ0n) is 23.1. The van der Waals surface area contributed by atoms with Crippen LogP contribution in [0, 0.1) is 0 Å². The second-order valence-electron chi connectivity index (χ2n) is 10.4. The number of piperidine rings is 1. The van der Waals surface area contributed by atoms with Crippen molar-refractivity contribution in [2.45, 2.75) is 63.6 Å². The number of fused-ring (bicyclic) bond motifs is 1. The molecule has 4 rings (SSSR count). The normalized spacial score (nSPS) is 18.2. The maximum Gasteiger partial charge on any atom is 0.342 e. The molecule has 1 unspecified atom stereocenters. The van der Waals surface area contributed by atoms with Gasteiger partial charge in [0.05, 0.1) is 32.0 Å². The number of rotatable bonds is 10. The molecular weight excluding hydrogens is 524 g/mol. The number of nitrogens with one attached hydrogen (secondary N) is 1. The lowest BCUT2D eigenvalue weighted by Crippen LogP contribution is -2.34. The van der Waals surface area contributed by atoms with Crippen molar-refractivity contribution in [1.82, 2.24) is 5.32 Å². The minimum atomic E-state index is -0.666. The Morgan fingerprint density at radius 2 is 1.72 bits per heavy atom. The Labute approximate surface area is 234 Å². The standard InChI is InChI=1S/C29H37ClN2O7/c1-29(2)19(7-6-8-21(33)16-13-22(35-3)27(37-5)23(14-16)36-4)24-25(31)20(30)15-18(26(24)39-29)28(34)38-17-9-11-32-12-10-17/h13-15,17,19,32H,6-12,31H2,1-5H3. The van der Waals surface area contributed by atoms with Gasteiger partial charge in [-0.05, 0) is 70.8 Å². The number of esters is 1. The third-order valence-electron chi connectivity index (χ3n) is 7.52. The summed E-state index contributed by atoms with van der Waals surface area (Å²) in [5, 5.41) is 3.54. The molecular formula is C29H37ClN2O7. The van der Waals surface area contributed by atoms with Crippen LogP contribution in [0.4, 0.5) is 5.69 Å². The first-order chi connectivity index (χ1) is 18.6. The molecule has 0 bridgehead atoms. The Hall–Kier alpha value is -3.17. The van der Waals surface area contributed by atoms with Gasteiger partial charge >= 0.3 is 5.97 Å². The van der Waals surface area contributed by atoms with Gasteiger partial charge < -0.3 is 34.7 Å². The number of methoxy groups -OCH3 is 3. The zero-order chi connectivity index (χ0) is 28.3. The molecule has 2 aromatic rings. The van der Waals surface area contributed by atoms with Crippen LogP contribution in [0.3, 0.4) is 0 Å². The number of hydrogen-bond donors (Lipinski definition) is 2. The van der Waals surface area contributed by atoms with Crippen molar-refractivity contribution < 1.29 is 33.3 Å². The van der Waals surface area contributed by atoms with E-state index in [2.05, 4.69) is 5.32 Å². The smallest absolute Gasteiger partial charge is 0.342 e. The van der Waals surface area contributed by atoms with Crippen LogP contribution in [0.25, 0.3) is 0 Å². The van der Waals surface area contributed by atoms with E-state index >= 15 is 0 Å². The molecule has 0 amide bonds. The van der Waals surface area contributed by atoms with Gasteiger partial charge in [-0.1, -0.05) is 11.6 Å². The number of nitrogens with two attached hydrogens (primary N) is 1. The molecule has 1 fully saturated rings. The summed E-state index contributed by atoms with van der Waals surface area (Å²) >= 11 is 6.50. The van der Waals surface area contributed by atoms with Crippen molar-refractivity contribution >= 4 is 29.0 Å². The first-order valence-corrected chi connectivity index (χ1v) is 13.5. The highest BCUT2D eigenvalue weighted by Crippen LogP contribution is 2.53. The quantitative estimate of drug-likeness (QED) is 0.230. The summed E-state index contributed by atoms with van der Waals surface area (Å²) in [5.41, 5.74) is 7.61. The summed E-state index contributed by atoms with van der Waals surface area (Å²) in [6.07, 6.45) is 2.80. The lowest BCUT2D eigenvalue weighted by atomic mass is 9.81. The number of carbonyl (C=O) groups excluding carboxylic acids is 2. The summed E-state index contributed by atoms with van der Waals surface area (Å²) < 4.78 is 28.2. The number of ketones is 1. The van der Waals surface area contributed by atoms with Gasteiger partial charge in [-0.25, -0.2) is 4.79 Å². The van der Waals surface area contributed by atoms with Crippen molar-refractivity contribution in [2.75, 3.05) is 40.2 Å². The molecule has 212 valence electrons. The number of benzene rings is 2. The highest BCUT2D eigenvalue weighted by molar-refractivity contribution is 6.33. The largest absolute Gasteiger partial charge is 0.493 e. The van der Waals surface area contributed by atoms with E-state index in [4.69, 9.17) is 41.0 Å². The van der Waals surface area contributed by atoms with E-state index in [1.165, 1.54) is 27.4 Å². The van der Waals surface area contributed by atoms with E-state index in [1.807, 2.05) is 13.8 Å². The Bertz CT molecular complexity index is 1220. The monoisotopic (exact) mass is 560 g/mol. The molecule has 2 aliphatic heterocycles. The van der Waals surface area contributed by atoms with E-state index in [0.717, 1.165) is 25.9 Å². The van der Waals surface area contributed by atoms with E-state index in [0.29, 0.717) is 52.7 Å². The third kappa shape index (κ3) is 5.89. The summed E-state index contributed by atoms with van der Waals surface area (Å²) in [4.78, 5) is 26.3. The molecule has 9 nitrogen and oxygen atoms in total. The Balaban J connectivity index is 1.53. The van der Waals surface area contributed by atoms with Gasteiger partial charge in [0.1, 0.15) is 23.0 Å². The van der Waals surface area contributed by atoms with Crippen LogP contribution in [-0.4, -0.2) is 57.9 Å². The molecule has 0 saturated carbocycles. The molecule has 2 aliphatic rings. The second kappa shape index (κ2) is 11.9. The van der Waals surface area contributed by atoms with Crippen molar-refractivity contribution in [3.8, 4) is 23.0 Å². The van der Waals surface area contributed by atoms with Crippen molar-refractivity contribution in [3.05, 3.63) is 39.9 Å². The molecule has 1 atom stereocenters. The molecule has 0 aromatic heterocycles. The van der Waals surface area contributed by atoms with Gasteiger partial charge in [0, 0.05) is 23.5 Å². The van der Waals surface area contributed by atoms with Crippen LogP contribution in [0.2, 0.25) is 5.02 Å². The fourth-order valence-corrected chi connectivity index (χ4v) is 5.64. The van der Waals surface area contributed by atoms with Crippen LogP contribution < -0.4 is 30.0 Å². The highest BCUT2D eigenvalue weighted by atomic mass is 35.5. The molecule has 39 heavy (non-hydrogen) atoms. The zero-order valence-corrected chi connectivity index (χ0v) is 23.9. The Morgan fingerprint density at radius 1 is 1.08 bits per heavy atom. The molecule has 1 saturated heterocycles. The van der Waals surface area contributed by atoms with Crippen molar-refractivity contribution in [2.24, 2.45) is 0 Å². The van der Waals surface area contributed by atoms with Crippen LogP contribution >= 0.6 is 11.6 Å². The average molecular weight is 561 g/mol. The van der Waals surface area contributed by atoms with E-state index in [9.17, 15) is 9.59 Å². The van der Waals surface area contributed by atoms with E-state index < -0.39 is 11.6 Å². The van der Waals surface area contributed by atoms with Crippen molar-refractivity contribution in [3.63, 3.8) is 0 Å². The molecule has 0 spiro atoms. The minimum Gasteiger partial charge on any atom is -0.493 e. The SMILES string of the molecule is COc1cc(C(=O)CCCC2c3c(N)c(Cl)cc(C(=O)OC4CCNCC4)c3OC2(C)C)cc(OC)c1OC. The van der Waals surface area contributed by atoms with Crippen molar-refractivity contribution in [1.29, 1.82) is 0 Å². The number of hydrogen-bond acceptors (Lipinski definition) is 9. The van der Waals surface area contributed by atoms with Crippen LogP contribution in [0.5, 0.6) is 23.0 Å². The number of ether oxygens (including phenoxy) is 5. The molecule has 0 radical (unpaired) electrons. The Kier molecular flexibility index (Phi) is 8.81. The molecule has 2 aromatic carbocycles. The fraction of sp³-hybridized carbons (Fsp3) is 0.517. The maximum atomic E-state index is 13.2. The maximum absolute atomic E-state index is 13.2. The van der Waals surface area contributed by atoms with Crippen LogP contribution in [0.1, 0.15) is 78.1 Å². The summed E-state index contributed by atoms with van der Waals surface area (Å²) in [6, 6.07) is 4.84. The fourth-order valence-electron chi connectivity index (χ4n) is 5.43. The van der Waals surface area contributed by atoms with Gasteiger partial charge in [0.15, 0.2) is 17.3 Å². The number of carbonyl (C=O) groups is 2. The number of Topliss-reactive ketones (excluding diaryl/α,β-unsaturated/α-hetero) is 1. The third-order valence-corrected chi connectivity index (χ3v) is 7.84. The lowest BCUT2D eigenvalue weighted by Gasteiger charge is -2.26. The van der Waals surface area contributed by atoms with Gasteiger partial charge in [0.25, 0.3) is 0 Å². The highest BCUT2D eigenvalue weighted by Gasteiger charge is 2.45. The summed E-state index contributed by atoms with van der Waals surface area (Å²) in [5.74, 6) is 0.994. The number of nitrogen functional groups attached to an aromatic ring is 1. The van der Waals surface area contributed by atoms with Crippen LogP contribution in [0.15, 0.2) is 18.2 Å². The van der Waals surface area contributed by atoms with Gasteiger partial charge in [0.2, 0.25) is 5.75 Å². The predicted molar refractivity (Wildman–Crippen MR) is 149 cm³/mol. The minimum absolute atomic E-state index is 0.0588. The summed E-state index contributed by atoms with van der Waals surface area (Å²) in [7, 11) is 4.54. The molecule has 3 N–H and O–H groups in total. The molecule has 0 aliphatic carbocycles. The first-order valence-electron chi connectivity index (χ1n) is 13.2. The van der Waals surface area contributed by atoms with Gasteiger partial charge in [-0.15, -0.1) is 0 Å². The first kappa shape index (κ1) is 28.8. The van der Waals surface area contributed by atoms with Gasteiger partial charge in [-0.2, -0.15) is 0 Å². The average Bonchev–Trinajstić information content (AvgIpc) is 3.20. The Morgan fingerprint density at radius 3 is 2.31 bits per heavy atom. The summed E-state index contributed by atoms with van der Waals surface area (Å²) in [6.45, 7) is 5.51. The van der Waals surface area contributed by atoms with Crippen LogP contribution in [-0.2, 0) is 4.74 Å². The predicted octanol–water partition coefficient (Wildman–Crippen LogP) is 5.16. The van der Waals surface area contributed by atoms with E-state index in [-0.39, 0.29) is 34.8 Å². The lowest BCUT2D eigenvalue weighted by molar-refractivity contribution is 0.0220.